The van der Waals surface area contributed by atoms with Crippen molar-refractivity contribution in [1.29, 1.82) is 0 Å². The van der Waals surface area contributed by atoms with Gasteiger partial charge in [0, 0.05) is 12.1 Å². The summed E-state index contributed by atoms with van der Waals surface area (Å²) in [7, 11) is 0. The maximum atomic E-state index is 12.6. The van der Waals surface area contributed by atoms with Crippen LogP contribution in [0.3, 0.4) is 0 Å². The minimum atomic E-state index is -0.333. The molecule has 32 heavy (non-hydrogen) atoms. The van der Waals surface area contributed by atoms with E-state index in [1.54, 1.807) is 10.7 Å². The van der Waals surface area contributed by atoms with Crippen molar-refractivity contribution in [1.82, 2.24) is 15.1 Å². The van der Waals surface area contributed by atoms with E-state index in [1.165, 1.54) is 5.56 Å². The summed E-state index contributed by atoms with van der Waals surface area (Å²) in [5.41, 5.74) is 10.2. The van der Waals surface area contributed by atoms with Crippen molar-refractivity contribution < 1.29 is 4.79 Å². The van der Waals surface area contributed by atoms with E-state index in [-0.39, 0.29) is 6.03 Å². The highest BCUT2D eigenvalue weighted by molar-refractivity contribution is 6.32. The van der Waals surface area contributed by atoms with Crippen molar-refractivity contribution in [2.45, 2.75) is 12.8 Å². The molecule has 162 valence electrons. The molecule has 0 saturated heterocycles. The molecule has 2 amide bonds. The third-order valence-corrected chi connectivity index (χ3v) is 5.38. The number of carbonyl (C=O) groups is 1. The molecule has 0 aliphatic heterocycles. The largest absolute Gasteiger partial charge is 0.382 e. The second kappa shape index (κ2) is 10.0. The predicted molar refractivity (Wildman–Crippen MR) is 130 cm³/mol. The smallest absolute Gasteiger partial charge is 0.319 e. The zero-order valence-electron chi connectivity index (χ0n) is 17.5. The van der Waals surface area contributed by atoms with E-state index in [9.17, 15) is 4.79 Å². The van der Waals surface area contributed by atoms with E-state index in [0.717, 1.165) is 18.4 Å². The van der Waals surface area contributed by atoms with Crippen molar-refractivity contribution in [2.75, 3.05) is 17.6 Å². The van der Waals surface area contributed by atoms with E-state index in [4.69, 9.17) is 17.3 Å². The number of para-hydroxylation sites is 1. The van der Waals surface area contributed by atoms with Gasteiger partial charge in [-0.15, -0.1) is 0 Å². The van der Waals surface area contributed by atoms with Gasteiger partial charge in [-0.3, -0.25) is 0 Å². The fraction of sp³-hybridized carbons (Fsp3) is 0.120. The van der Waals surface area contributed by atoms with E-state index in [1.807, 2.05) is 66.7 Å². The molecule has 7 heteroatoms. The second-order valence-electron chi connectivity index (χ2n) is 7.31. The standard InChI is InChI=1S/C25H24ClN5O/c26-20-15-7-8-16-21(20)31-24(27)23(22(30-31)19-13-5-2-6-14-19)29-25(32)28-17-9-12-18-10-3-1-4-11-18/h1-8,10-11,13-16H,9,12,17,27H2,(H2,28,29,32). The number of nitrogen functional groups attached to an aromatic ring is 1. The molecule has 3 aromatic carbocycles. The number of nitrogens with zero attached hydrogens (tertiary/aromatic N) is 2. The van der Waals surface area contributed by atoms with E-state index >= 15 is 0 Å². The summed E-state index contributed by atoms with van der Waals surface area (Å²) in [4.78, 5) is 12.6. The summed E-state index contributed by atoms with van der Waals surface area (Å²) in [5, 5.41) is 11.0. The molecule has 0 fully saturated rings. The van der Waals surface area contributed by atoms with Crippen molar-refractivity contribution in [3.63, 3.8) is 0 Å². The molecule has 0 aliphatic rings. The van der Waals surface area contributed by atoms with Crippen LogP contribution in [0, 0.1) is 0 Å². The number of rotatable bonds is 7. The van der Waals surface area contributed by atoms with Crippen molar-refractivity contribution in [3.05, 3.63) is 95.5 Å². The maximum Gasteiger partial charge on any atom is 0.319 e. The van der Waals surface area contributed by atoms with Gasteiger partial charge in [0.05, 0.1) is 10.7 Å². The number of nitrogens with one attached hydrogen (secondary N) is 2. The van der Waals surface area contributed by atoms with Gasteiger partial charge in [0.2, 0.25) is 0 Å². The SMILES string of the molecule is Nc1c(NC(=O)NCCCc2ccccc2)c(-c2ccccc2)nn1-c1ccccc1Cl. The highest BCUT2D eigenvalue weighted by atomic mass is 35.5. The topological polar surface area (TPSA) is 85.0 Å². The lowest BCUT2D eigenvalue weighted by atomic mass is 10.1. The molecule has 4 N–H and O–H groups in total. The average molecular weight is 446 g/mol. The lowest BCUT2D eigenvalue weighted by Gasteiger charge is -2.10. The molecular weight excluding hydrogens is 422 g/mol. The Labute approximate surface area is 192 Å². The molecule has 1 aromatic heterocycles. The molecule has 0 aliphatic carbocycles. The number of benzene rings is 3. The Morgan fingerprint density at radius 3 is 2.31 bits per heavy atom. The Kier molecular flexibility index (Phi) is 6.72. The lowest BCUT2D eigenvalue weighted by Crippen LogP contribution is -2.30. The van der Waals surface area contributed by atoms with Gasteiger partial charge >= 0.3 is 6.03 Å². The molecule has 4 rings (SSSR count). The number of aryl methyl sites for hydroxylation is 1. The van der Waals surface area contributed by atoms with E-state index < -0.39 is 0 Å². The molecule has 0 atom stereocenters. The van der Waals surface area contributed by atoms with Crippen LogP contribution in [0.1, 0.15) is 12.0 Å². The second-order valence-corrected chi connectivity index (χ2v) is 7.72. The van der Waals surface area contributed by atoms with Crippen LogP contribution >= 0.6 is 11.6 Å². The molecule has 0 saturated carbocycles. The van der Waals surface area contributed by atoms with Crippen molar-refractivity contribution in [2.24, 2.45) is 0 Å². The normalized spacial score (nSPS) is 10.7. The fourth-order valence-corrected chi connectivity index (χ4v) is 3.67. The third kappa shape index (κ3) is 4.92. The summed E-state index contributed by atoms with van der Waals surface area (Å²) in [6.45, 7) is 0.542. The van der Waals surface area contributed by atoms with Crippen LogP contribution in [0.2, 0.25) is 5.02 Å². The first kappa shape index (κ1) is 21.5. The first-order valence-electron chi connectivity index (χ1n) is 10.4. The predicted octanol–water partition coefficient (Wildman–Crippen LogP) is 5.53. The van der Waals surface area contributed by atoms with Crippen molar-refractivity contribution in [3.8, 4) is 16.9 Å². The summed E-state index contributed by atoms with van der Waals surface area (Å²) in [6.07, 6.45) is 1.72. The van der Waals surface area contributed by atoms with Crippen LogP contribution in [-0.4, -0.2) is 22.4 Å². The Hall–Kier alpha value is -3.77. The van der Waals surface area contributed by atoms with Gasteiger partial charge in [-0.1, -0.05) is 84.4 Å². The van der Waals surface area contributed by atoms with Crippen LogP contribution in [0.15, 0.2) is 84.9 Å². The highest BCUT2D eigenvalue weighted by Gasteiger charge is 2.21. The van der Waals surface area contributed by atoms with E-state index in [0.29, 0.717) is 34.5 Å². The number of amides is 2. The molecule has 1 heterocycles. The minimum absolute atomic E-state index is 0.302. The molecule has 0 spiro atoms. The van der Waals surface area contributed by atoms with Gasteiger partial charge in [-0.25, -0.2) is 9.48 Å². The number of hydrogen-bond donors (Lipinski definition) is 3. The summed E-state index contributed by atoms with van der Waals surface area (Å²) in [6, 6.07) is 26.7. The minimum Gasteiger partial charge on any atom is -0.382 e. The highest BCUT2D eigenvalue weighted by Crippen LogP contribution is 2.35. The number of aromatic nitrogens is 2. The van der Waals surface area contributed by atoms with Gasteiger partial charge in [0.15, 0.2) is 5.82 Å². The van der Waals surface area contributed by atoms with Crippen LogP contribution in [0.5, 0.6) is 0 Å². The third-order valence-electron chi connectivity index (χ3n) is 5.06. The first-order valence-corrected chi connectivity index (χ1v) is 10.8. The number of carbonyl (C=O) groups excluding carboxylic acids is 1. The fourth-order valence-electron chi connectivity index (χ4n) is 3.46. The van der Waals surface area contributed by atoms with E-state index in [2.05, 4.69) is 27.9 Å². The van der Waals surface area contributed by atoms with Crippen LogP contribution in [-0.2, 0) is 6.42 Å². The molecule has 0 unspecified atom stereocenters. The molecule has 6 nitrogen and oxygen atoms in total. The lowest BCUT2D eigenvalue weighted by molar-refractivity contribution is 0.252. The Bertz CT molecular complexity index is 1190. The summed E-state index contributed by atoms with van der Waals surface area (Å²) < 4.78 is 1.55. The number of urea groups is 1. The number of hydrogen-bond acceptors (Lipinski definition) is 3. The molecule has 0 bridgehead atoms. The maximum absolute atomic E-state index is 12.6. The van der Waals surface area contributed by atoms with Crippen LogP contribution in [0.4, 0.5) is 16.3 Å². The van der Waals surface area contributed by atoms with Gasteiger partial charge in [-0.2, -0.15) is 5.10 Å². The summed E-state index contributed by atoms with van der Waals surface area (Å²) in [5.74, 6) is 0.302. The number of anilines is 2. The molecule has 4 aromatic rings. The van der Waals surface area contributed by atoms with Gasteiger partial charge < -0.3 is 16.4 Å². The Balaban J connectivity index is 1.53. The zero-order valence-corrected chi connectivity index (χ0v) is 18.2. The van der Waals surface area contributed by atoms with Gasteiger partial charge in [0.1, 0.15) is 11.4 Å². The first-order chi connectivity index (χ1) is 15.6. The van der Waals surface area contributed by atoms with Gasteiger partial charge in [-0.05, 0) is 30.5 Å². The van der Waals surface area contributed by atoms with Crippen molar-refractivity contribution >= 4 is 29.1 Å². The molecular formula is C25H24ClN5O. The average Bonchev–Trinajstić information content (AvgIpc) is 3.14. The zero-order chi connectivity index (χ0) is 22.3. The number of nitrogens with two attached hydrogens (primary N) is 1. The Morgan fingerprint density at radius 1 is 0.938 bits per heavy atom. The quantitative estimate of drug-likeness (QED) is 0.327. The van der Waals surface area contributed by atoms with Crippen LogP contribution < -0.4 is 16.4 Å². The number of halogens is 1. The van der Waals surface area contributed by atoms with Gasteiger partial charge in [0.25, 0.3) is 0 Å². The monoisotopic (exact) mass is 445 g/mol. The molecule has 0 radical (unpaired) electrons. The summed E-state index contributed by atoms with van der Waals surface area (Å²) >= 11 is 6.36. The Morgan fingerprint density at radius 2 is 1.59 bits per heavy atom. The van der Waals surface area contributed by atoms with Crippen LogP contribution in [0.25, 0.3) is 16.9 Å².